The Balaban J connectivity index is 1.87. The molecule has 1 aromatic carbocycles. The summed E-state index contributed by atoms with van der Waals surface area (Å²) in [5.74, 6) is 8.19. The summed E-state index contributed by atoms with van der Waals surface area (Å²) in [7, 11) is 0. The van der Waals surface area contributed by atoms with E-state index in [4.69, 9.17) is 15.3 Å². The standard InChI is InChI=1S/C14H17N5O2/c1-9-13(16-8-17-14(9)19-15)18-10-3-4-11-12(7-10)21-6-2-5-20-11/h3-4,7-8H,2,5-6,15H2,1H3,(H2,16,17,18,19). The van der Waals surface area contributed by atoms with Crippen LogP contribution in [0.5, 0.6) is 11.5 Å². The summed E-state index contributed by atoms with van der Waals surface area (Å²) in [6, 6.07) is 5.71. The van der Waals surface area contributed by atoms with Crippen molar-refractivity contribution < 1.29 is 9.47 Å². The minimum atomic E-state index is 0.585. The van der Waals surface area contributed by atoms with Crippen molar-refractivity contribution in [1.29, 1.82) is 0 Å². The topological polar surface area (TPSA) is 94.3 Å². The lowest BCUT2D eigenvalue weighted by Gasteiger charge is -2.13. The van der Waals surface area contributed by atoms with Gasteiger partial charge in [-0.15, -0.1) is 0 Å². The first kappa shape index (κ1) is 13.4. The summed E-state index contributed by atoms with van der Waals surface area (Å²) in [6.45, 7) is 3.22. The summed E-state index contributed by atoms with van der Waals surface area (Å²) in [6.07, 6.45) is 2.33. The molecule has 7 nitrogen and oxygen atoms in total. The first-order valence-electron chi connectivity index (χ1n) is 6.73. The second-order valence-electron chi connectivity index (χ2n) is 4.68. The largest absolute Gasteiger partial charge is 0.490 e. The maximum Gasteiger partial charge on any atom is 0.163 e. The number of nitrogens with two attached hydrogens (primary N) is 1. The molecule has 0 amide bonds. The number of hydrogen-bond donors (Lipinski definition) is 3. The molecule has 4 N–H and O–H groups in total. The first-order chi connectivity index (χ1) is 10.3. The van der Waals surface area contributed by atoms with Crippen molar-refractivity contribution in [1.82, 2.24) is 9.97 Å². The quantitative estimate of drug-likeness (QED) is 0.587. The van der Waals surface area contributed by atoms with Crippen molar-refractivity contribution in [2.75, 3.05) is 24.0 Å². The number of nitrogens with zero attached hydrogens (tertiary/aromatic N) is 2. The van der Waals surface area contributed by atoms with Gasteiger partial charge >= 0.3 is 0 Å². The van der Waals surface area contributed by atoms with Gasteiger partial charge in [0.15, 0.2) is 11.5 Å². The Kier molecular flexibility index (Phi) is 3.74. The monoisotopic (exact) mass is 287 g/mol. The van der Waals surface area contributed by atoms with Gasteiger partial charge in [-0.25, -0.2) is 15.8 Å². The third-order valence-electron chi connectivity index (χ3n) is 3.23. The molecule has 1 aliphatic rings. The fourth-order valence-corrected chi connectivity index (χ4v) is 2.10. The molecule has 0 unspecified atom stereocenters. The van der Waals surface area contributed by atoms with Crippen LogP contribution in [0.1, 0.15) is 12.0 Å². The van der Waals surface area contributed by atoms with Gasteiger partial charge in [0.05, 0.1) is 13.2 Å². The number of hydrogen-bond acceptors (Lipinski definition) is 7. The number of anilines is 3. The van der Waals surface area contributed by atoms with E-state index in [1.807, 2.05) is 25.1 Å². The van der Waals surface area contributed by atoms with Gasteiger partial charge < -0.3 is 20.2 Å². The molecule has 1 aliphatic heterocycles. The Labute approximate surface area is 122 Å². The van der Waals surface area contributed by atoms with Crippen molar-refractivity contribution in [3.63, 3.8) is 0 Å². The lowest BCUT2D eigenvalue weighted by atomic mass is 10.2. The molecule has 1 aromatic heterocycles. The molecule has 0 aliphatic carbocycles. The van der Waals surface area contributed by atoms with Crippen LogP contribution in [0.25, 0.3) is 0 Å². The first-order valence-corrected chi connectivity index (χ1v) is 6.73. The van der Waals surface area contributed by atoms with Gasteiger partial charge in [0.25, 0.3) is 0 Å². The average molecular weight is 287 g/mol. The van der Waals surface area contributed by atoms with E-state index in [2.05, 4.69) is 20.7 Å². The third-order valence-corrected chi connectivity index (χ3v) is 3.23. The average Bonchev–Trinajstić information content (AvgIpc) is 2.74. The van der Waals surface area contributed by atoms with Gasteiger partial charge in [-0.2, -0.15) is 0 Å². The fraction of sp³-hybridized carbons (Fsp3) is 0.286. The summed E-state index contributed by atoms with van der Waals surface area (Å²) in [5.41, 5.74) is 4.25. The predicted molar refractivity (Wildman–Crippen MR) is 79.9 cm³/mol. The highest BCUT2D eigenvalue weighted by Gasteiger charge is 2.12. The number of fused-ring (bicyclic) bond motifs is 1. The molecule has 2 aromatic rings. The van der Waals surface area contributed by atoms with E-state index in [-0.39, 0.29) is 0 Å². The number of hydrazine groups is 1. The van der Waals surface area contributed by atoms with Crippen LogP contribution >= 0.6 is 0 Å². The van der Waals surface area contributed by atoms with Crippen molar-refractivity contribution in [2.24, 2.45) is 5.84 Å². The van der Waals surface area contributed by atoms with E-state index in [1.54, 1.807) is 0 Å². The second-order valence-corrected chi connectivity index (χ2v) is 4.68. The summed E-state index contributed by atoms with van der Waals surface area (Å²) >= 11 is 0. The van der Waals surface area contributed by atoms with Crippen LogP contribution in [-0.4, -0.2) is 23.2 Å². The number of aromatic nitrogens is 2. The molecule has 3 rings (SSSR count). The molecular weight excluding hydrogens is 270 g/mol. The Morgan fingerprint density at radius 3 is 2.67 bits per heavy atom. The third kappa shape index (κ3) is 2.82. The fourth-order valence-electron chi connectivity index (χ4n) is 2.10. The summed E-state index contributed by atoms with van der Waals surface area (Å²) in [5, 5.41) is 3.24. The van der Waals surface area contributed by atoms with E-state index in [1.165, 1.54) is 6.33 Å². The molecule has 0 fully saturated rings. The van der Waals surface area contributed by atoms with Gasteiger partial charge in [-0.05, 0) is 19.1 Å². The molecular formula is C14H17N5O2. The van der Waals surface area contributed by atoms with Gasteiger partial charge in [0, 0.05) is 23.7 Å². The Morgan fingerprint density at radius 2 is 1.86 bits per heavy atom. The Hall–Kier alpha value is -2.54. The Morgan fingerprint density at radius 1 is 1.10 bits per heavy atom. The normalized spacial score (nSPS) is 13.4. The number of nitrogens with one attached hydrogen (secondary N) is 2. The molecule has 7 heteroatoms. The van der Waals surface area contributed by atoms with Gasteiger partial charge in [0.2, 0.25) is 0 Å². The second kappa shape index (κ2) is 5.84. The van der Waals surface area contributed by atoms with E-state index in [9.17, 15) is 0 Å². The van der Waals surface area contributed by atoms with Gasteiger partial charge in [-0.1, -0.05) is 0 Å². The van der Waals surface area contributed by atoms with Crippen LogP contribution in [0.3, 0.4) is 0 Å². The molecule has 0 saturated carbocycles. The van der Waals surface area contributed by atoms with Crippen molar-refractivity contribution >= 4 is 17.3 Å². The van der Waals surface area contributed by atoms with Crippen molar-refractivity contribution in [3.05, 3.63) is 30.1 Å². The predicted octanol–water partition coefficient (Wildman–Crippen LogP) is 1.98. The highest BCUT2D eigenvalue weighted by atomic mass is 16.5. The number of benzene rings is 1. The molecule has 0 spiro atoms. The van der Waals surface area contributed by atoms with E-state index in [0.29, 0.717) is 24.8 Å². The van der Waals surface area contributed by atoms with Crippen LogP contribution in [0.15, 0.2) is 24.5 Å². The maximum atomic E-state index is 5.67. The van der Waals surface area contributed by atoms with Crippen LogP contribution in [0, 0.1) is 6.92 Å². The van der Waals surface area contributed by atoms with Gasteiger partial charge in [-0.3, -0.25) is 0 Å². The van der Waals surface area contributed by atoms with Gasteiger partial charge in [0.1, 0.15) is 18.0 Å². The lowest BCUT2D eigenvalue weighted by Crippen LogP contribution is -2.11. The zero-order valence-electron chi connectivity index (χ0n) is 11.7. The molecule has 0 saturated heterocycles. The number of rotatable bonds is 3. The zero-order chi connectivity index (χ0) is 14.7. The number of ether oxygens (including phenoxy) is 2. The summed E-state index contributed by atoms with van der Waals surface area (Å²) in [4.78, 5) is 8.27. The molecule has 110 valence electrons. The van der Waals surface area contributed by atoms with E-state index in [0.717, 1.165) is 29.2 Å². The Bertz CT molecular complexity index is 647. The van der Waals surface area contributed by atoms with Crippen molar-refractivity contribution in [3.8, 4) is 11.5 Å². The maximum absolute atomic E-state index is 5.67. The van der Waals surface area contributed by atoms with Crippen LogP contribution in [0.2, 0.25) is 0 Å². The SMILES string of the molecule is Cc1c(NN)ncnc1Nc1ccc2c(c1)OCCCO2. The van der Waals surface area contributed by atoms with Crippen LogP contribution < -0.4 is 26.1 Å². The lowest BCUT2D eigenvalue weighted by molar-refractivity contribution is 0.297. The van der Waals surface area contributed by atoms with Crippen LogP contribution in [-0.2, 0) is 0 Å². The van der Waals surface area contributed by atoms with E-state index < -0.39 is 0 Å². The van der Waals surface area contributed by atoms with Crippen LogP contribution in [0.4, 0.5) is 17.3 Å². The molecule has 0 radical (unpaired) electrons. The zero-order valence-corrected chi connectivity index (χ0v) is 11.7. The molecule has 2 heterocycles. The highest BCUT2D eigenvalue weighted by Crippen LogP contribution is 2.33. The highest BCUT2D eigenvalue weighted by molar-refractivity contribution is 5.66. The molecule has 21 heavy (non-hydrogen) atoms. The molecule has 0 atom stereocenters. The summed E-state index contributed by atoms with van der Waals surface area (Å²) < 4.78 is 11.3. The van der Waals surface area contributed by atoms with Crippen molar-refractivity contribution in [2.45, 2.75) is 13.3 Å². The minimum absolute atomic E-state index is 0.585. The molecule has 0 bridgehead atoms. The minimum Gasteiger partial charge on any atom is -0.490 e. The number of nitrogen functional groups attached to an aromatic ring is 1. The van der Waals surface area contributed by atoms with E-state index >= 15 is 0 Å². The smallest absolute Gasteiger partial charge is 0.163 e.